The zero-order chi connectivity index (χ0) is 27.6. The van der Waals surface area contributed by atoms with Crippen molar-refractivity contribution in [1.82, 2.24) is 4.57 Å². The van der Waals surface area contributed by atoms with E-state index in [0.717, 1.165) is 12.8 Å². The smallest absolute Gasteiger partial charge is 0.0541 e. The predicted molar refractivity (Wildman–Crippen MR) is 173 cm³/mol. The van der Waals surface area contributed by atoms with Gasteiger partial charge in [-0.1, -0.05) is 98.8 Å². The summed E-state index contributed by atoms with van der Waals surface area (Å²) in [4.78, 5) is 2.46. The average molecular weight is 529 g/mol. The van der Waals surface area contributed by atoms with E-state index < -0.39 is 0 Å². The molecule has 41 heavy (non-hydrogen) atoms. The van der Waals surface area contributed by atoms with Gasteiger partial charge in [-0.3, -0.25) is 0 Å². The van der Waals surface area contributed by atoms with Crippen LogP contribution in [0.5, 0.6) is 0 Å². The van der Waals surface area contributed by atoms with E-state index in [1.54, 1.807) is 0 Å². The molecular formula is C39H32N2. The number of aromatic nitrogens is 1. The third-order valence-corrected chi connectivity index (χ3v) is 9.01. The zero-order valence-electron chi connectivity index (χ0n) is 23.5. The summed E-state index contributed by atoms with van der Waals surface area (Å²) >= 11 is 0. The van der Waals surface area contributed by atoms with Gasteiger partial charge in [0, 0.05) is 33.3 Å². The van der Waals surface area contributed by atoms with Crippen molar-refractivity contribution < 1.29 is 0 Å². The summed E-state index contributed by atoms with van der Waals surface area (Å²) in [6.07, 6.45) is 7.08. The lowest BCUT2D eigenvalue weighted by Gasteiger charge is -2.45. The Kier molecular flexibility index (Phi) is 5.33. The van der Waals surface area contributed by atoms with Gasteiger partial charge in [-0.25, -0.2) is 0 Å². The van der Waals surface area contributed by atoms with E-state index in [2.05, 4.69) is 157 Å². The van der Waals surface area contributed by atoms with Gasteiger partial charge in [0.2, 0.25) is 0 Å². The SMILES string of the molecule is CC1(C)C2=CCCC=C2N(c2ccc(-c3ccc4c(c3)c3ccccc3n4-c3ccccc3)cc2)c2ccccc21. The normalized spacial score (nSPS) is 15.8. The Morgan fingerprint density at radius 3 is 2.10 bits per heavy atom. The number of hydrogen-bond acceptors (Lipinski definition) is 1. The average Bonchev–Trinajstić information content (AvgIpc) is 3.36. The summed E-state index contributed by atoms with van der Waals surface area (Å²) in [5.41, 5.74) is 12.8. The fourth-order valence-electron chi connectivity index (χ4n) is 7.01. The minimum atomic E-state index is -0.00632. The van der Waals surface area contributed by atoms with E-state index in [9.17, 15) is 0 Å². The molecule has 2 nitrogen and oxygen atoms in total. The summed E-state index contributed by atoms with van der Waals surface area (Å²) in [6, 6.07) is 44.3. The number of nitrogens with zero attached hydrogens (tertiary/aromatic N) is 2. The van der Waals surface area contributed by atoms with Crippen LogP contribution in [0.15, 0.2) is 145 Å². The number of para-hydroxylation sites is 3. The van der Waals surface area contributed by atoms with E-state index in [0.29, 0.717) is 0 Å². The van der Waals surface area contributed by atoms with Crippen molar-refractivity contribution in [3.63, 3.8) is 0 Å². The molecular weight excluding hydrogens is 496 g/mol. The lowest BCUT2D eigenvalue weighted by atomic mass is 9.70. The molecule has 0 saturated carbocycles. The van der Waals surface area contributed by atoms with Crippen molar-refractivity contribution in [2.24, 2.45) is 0 Å². The first-order valence-electron chi connectivity index (χ1n) is 14.6. The molecule has 0 spiro atoms. The summed E-state index contributed by atoms with van der Waals surface area (Å²) in [6.45, 7) is 4.73. The fourth-order valence-corrected chi connectivity index (χ4v) is 7.01. The molecule has 8 rings (SSSR count). The Balaban J connectivity index is 1.23. The monoisotopic (exact) mass is 528 g/mol. The van der Waals surface area contributed by atoms with Gasteiger partial charge in [-0.05, 0) is 83.6 Å². The number of rotatable bonds is 3. The van der Waals surface area contributed by atoms with Crippen LogP contribution < -0.4 is 4.90 Å². The number of hydrogen-bond donors (Lipinski definition) is 0. The molecule has 0 radical (unpaired) electrons. The minimum Gasteiger partial charge on any atom is -0.310 e. The number of allylic oxidation sites excluding steroid dienone is 3. The number of benzene rings is 5. The molecule has 2 aliphatic rings. The minimum absolute atomic E-state index is 0.00632. The first kappa shape index (κ1) is 24.0. The zero-order valence-corrected chi connectivity index (χ0v) is 23.5. The third kappa shape index (κ3) is 3.64. The molecule has 1 aliphatic heterocycles. The molecule has 0 atom stereocenters. The molecule has 2 heteroatoms. The van der Waals surface area contributed by atoms with Crippen molar-refractivity contribution in [1.29, 1.82) is 0 Å². The topological polar surface area (TPSA) is 8.17 Å². The molecule has 6 aromatic rings. The van der Waals surface area contributed by atoms with Crippen molar-refractivity contribution in [3.8, 4) is 16.8 Å². The van der Waals surface area contributed by atoms with E-state index >= 15 is 0 Å². The second-order valence-electron chi connectivity index (χ2n) is 11.7. The molecule has 1 aliphatic carbocycles. The van der Waals surface area contributed by atoms with Crippen molar-refractivity contribution in [3.05, 3.63) is 150 Å². The van der Waals surface area contributed by atoms with Gasteiger partial charge < -0.3 is 9.47 Å². The number of fused-ring (bicyclic) bond motifs is 5. The maximum absolute atomic E-state index is 2.46. The second kappa shape index (κ2) is 9.11. The van der Waals surface area contributed by atoms with Gasteiger partial charge in [0.25, 0.3) is 0 Å². The highest BCUT2D eigenvalue weighted by molar-refractivity contribution is 6.10. The van der Waals surface area contributed by atoms with Gasteiger partial charge >= 0.3 is 0 Å². The van der Waals surface area contributed by atoms with Crippen LogP contribution in [0.2, 0.25) is 0 Å². The quantitative estimate of drug-likeness (QED) is 0.222. The third-order valence-electron chi connectivity index (χ3n) is 9.01. The highest BCUT2D eigenvalue weighted by Crippen LogP contribution is 2.51. The van der Waals surface area contributed by atoms with Crippen LogP contribution in [0.3, 0.4) is 0 Å². The molecule has 2 heterocycles. The van der Waals surface area contributed by atoms with Gasteiger partial charge in [-0.15, -0.1) is 0 Å². The highest BCUT2D eigenvalue weighted by atomic mass is 15.2. The van der Waals surface area contributed by atoms with Crippen molar-refractivity contribution in [2.45, 2.75) is 32.1 Å². The molecule has 0 saturated heterocycles. The van der Waals surface area contributed by atoms with Gasteiger partial charge in [-0.2, -0.15) is 0 Å². The summed E-state index contributed by atoms with van der Waals surface area (Å²) < 4.78 is 2.37. The van der Waals surface area contributed by atoms with Crippen LogP contribution in [0, 0.1) is 0 Å². The van der Waals surface area contributed by atoms with Crippen LogP contribution in [0.1, 0.15) is 32.3 Å². The maximum Gasteiger partial charge on any atom is 0.0541 e. The molecule has 0 fully saturated rings. The predicted octanol–water partition coefficient (Wildman–Crippen LogP) is 10.5. The maximum atomic E-state index is 2.46. The van der Waals surface area contributed by atoms with E-state index in [1.165, 1.54) is 66.8 Å². The van der Waals surface area contributed by atoms with Crippen LogP contribution in [0.4, 0.5) is 11.4 Å². The molecule has 0 unspecified atom stereocenters. The van der Waals surface area contributed by atoms with E-state index in [1.807, 2.05) is 0 Å². The largest absolute Gasteiger partial charge is 0.310 e. The Morgan fingerprint density at radius 1 is 0.561 bits per heavy atom. The van der Waals surface area contributed by atoms with Gasteiger partial charge in [0.15, 0.2) is 0 Å². The van der Waals surface area contributed by atoms with Crippen molar-refractivity contribution >= 4 is 33.2 Å². The van der Waals surface area contributed by atoms with Crippen LogP contribution >= 0.6 is 0 Å². The standard InChI is InChI=1S/C39H32N2/c1-39(2)33-15-7-10-18-37(33)41(38-19-11-8-16-34(38)39)30-23-20-27(21-24-30)28-22-25-36-32(26-28)31-14-6-9-17-35(31)40(36)29-12-4-3-5-13-29/h3-7,9-10,12-26H,8,11H2,1-2H3. The van der Waals surface area contributed by atoms with Crippen LogP contribution in [-0.2, 0) is 5.41 Å². The molecule has 0 bridgehead atoms. The van der Waals surface area contributed by atoms with Gasteiger partial charge in [0.1, 0.15) is 0 Å². The van der Waals surface area contributed by atoms with Crippen LogP contribution in [0.25, 0.3) is 38.6 Å². The lowest BCUT2D eigenvalue weighted by molar-refractivity contribution is 0.603. The molecule has 1 aromatic heterocycles. The van der Waals surface area contributed by atoms with Gasteiger partial charge in [0.05, 0.1) is 16.7 Å². The van der Waals surface area contributed by atoms with Crippen LogP contribution in [-0.4, -0.2) is 4.57 Å². The Bertz CT molecular complexity index is 2000. The Morgan fingerprint density at radius 2 is 1.24 bits per heavy atom. The van der Waals surface area contributed by atoms with Crippen molar-refractivity contribution in [2.75, 3.05) is 4.90 Å². The number of anilines is 2. The molecule has 0 amide bonds. The lowest BCUT2D eigenvalue weighted by Crippen LogP contribution is -2.36. The first-order valence-corrected chi connectivity index (χ1v) is 14.6. The van der Waals surface area contributed by atoms with E-state index in [4.69, 9.17) is 0 Å². The Hall–Kier alpha value is -4.82. The molecule has 0 N–H and O–H groups in total. The summed E-state index contributed by atoms with van der Waals surface area (Å²) in [5, 5.41) is 2.56. The molecule has 198 valence electrons. The second-order valence-corrected chi connectivity index (χ2v) is 11.7. The van der Waals surface area contributed by atoms with E-state index in [-0.39, 0.29) is 5.41 Å². The highest BCUT2D eigenvalue weighted by Gasteiger charge is 2.39. The fraction of sp³-hybridized carbons (Fsp3) is 0.128. The summed E-state index contributed by atoms with van der Waals surface area (Å²) in [5.74, 6) is 0. The summed E-state index contributed by atoms with van der Waals surface area (Å²) in [7, 11) is 0. The molecule has 5 aromatic carbocycles. The Labute approximate surface area is 241 Å². The first-order chi connectivity index (χ1) is 20.1.